The molecule has 136 valence electrons. The number of unbranched alkanes of at least 4 members (excludes halogenated alkanes) is 1. The molecule has 0 spiro atoms. The van der Waals surface area contributed by atoms with Gasteiger partial charge in [0, 0.05) is 12.0 Å². The van der Waals surface area contributed by atoms with Crippen molar-refractivity contribution in [3.63, 3.8) is 0 Å². The maximum Gasteiger partial charge on any atom is 0.161 e. The van der Waals surface area contributed by atoms with Crippen LogP contribution in [0.5, 0.6) is 11.5 Å². The molecule has 0 heterocycles. The molecule has 0 amide bonds. The summed E-state index contributed by atoms with van der Waals surface area (Å²) in [4.78, 5) is 0. The van der Waals surface area contributed by atoms with Crippen molar-refractivity contribution in [3.8, 4) is 11.5 Å². The fraction of sp³-hybridized carbons (Fsp3) is 0.400. The molecule has 1 atom stereocenters. The Balaban J connectivity index is 2.17. The van der Waals surface area contributed by atoms with Gasteiger partial charge in [0.2, 0.25) is 0 Å². The molecule has 0 aliphatic carbocycles. The lowest BCUT2D eigenvalue weighted by Crippen LogP contribution is -2.16. The van der Waals surface area contributed by atoms with E-state index in [1.165, 1.54) is 12.1 Å². The van der Waals surface area contributed by atoms with Crippen molar-refractivity contribution in [2.75, 3.05) is 20.3 Å². The molecular formula is C20H25F2NO2. The van der Waals surface area contributed by atoms with Crippen LogP contribution in [-0.4, -0.2) is 20.3 Å². The van der Waals surface area contributed by atoms with Gasteiger partial charge in [0.25, 0.3) is 0 Å². The Morgan fingerprint density at radius 3 is 2.52 bits per heavy atom. The van der Waals surface area contributed by atoms with E-state index in [0.717, 1.165) is 24.5 Å². The first kappa shape index (κ1) is 19.2. The molecule has 0 saturated carbocycles. The number of nitrogens with two attached hydrogens (primary N) is 1. The zero-order valence-electron chi connectivity index (χ0n) is 14.7. The van der Waals surface area contributed by atoms with E-state index in [-0.39, 0.29) is 12.5 Å². The van der Waals surface area contributed by atoms with Crippen LogP contribution in [0.15, 0.2) is 36.4 Å². The molecule has 2 aromatic carbocycles. The first-order valence-corrected chi connectivity index (χ1v) is 8.53. The van der Waals surface area contributed by atoms with Gasteiger partial charge < -0.3 is 15.2 Å². The molecule has 0 radical (unpaired) electrons. The minimum Gasteiger partial charge on any atom is -0.493 e. The third-order valence-electron chi connectivity index (χ3n) is 4.15. The Kier molecular flexibility index (Phi) is 7.19. The third kappa shape index (κ3) is 5.16. The Bertz CT molecular complexity index is 691. The second kappa shape index (κ2) is 9.37. The SMILES string of the molecule is CCCCOc1ccc(CC(CN)c2ccc(F)cc2F)cc1OC. The van der Waals surface area contributed by atoms with Crippen molar-refractivity contribution >= 4 is 0 Å². The summed E-state index contributed by atoms with van der Waals surface area (Å²) in [6.07, 6.45) is 2.57. The van der Waals surface area contributed by atoms with Crippen molar-refractivity contribution < 1.29 is 18.3 Å². The van der Waals surface area contributed by atoms with Gasteiger partial charge in [0.05, 0.1) is 13.7 Å². The summed E-state index contributed by atoms with van der Waals surface area (Å²) >= 11 is 0. The fourth-order valence-electron chi connectivity index (χ4n) is 2.72. The highest BCUT2D eigenvalue weighted by Crippen LogP contribution is 2.31. The molecule has 2 N–H and O–H groups in total. The van der Waals surface area contributed by atoms with E-state index in [9.17, 15) is 8.78 Å². The van der Waals surface area contributed by atoms with Gasteiger partial charge in [-0.1, -0.05) is 25.5 Å². The summed E-state index contributed by atoms with van der Waals surface area (Å²) in [6.45, 7) is 3.00. The van der Waals surface area contributed by atoms with Gasteiger partial charge in [-0.3, -0.25) is 0 Å². The molecule has 0 bridgehead atoms. The van der Waals surface area contributed by atoms with E-state index >= 15 is 0 Å². The first-order chi connectivity index (χ1) is 12.1. The summed E-state index contributed by atoms with van der Waals surface area (Å²) in [5, 5.41) is 0. The number of benzene rings is 2. The van der Waals surface area contributed by atoms with E-state index < -0.39 is 11.6 Å². The third-order valence-corrected chi connectivity index (χ3v) is 4.15. The van der Waals surface area contributed by atoms with Gasteiger partial charge in [-0.2, -0.15) is 0 Å². The lowest BCUT2D eigenvalue weighted by molar-refractivity contribution is 0.288. The van der Waals surface area contributed by atoms with Crippen molar-refractivity contribution in [2.24, 2.45) is 5.73 Å². The number of methoxy groups -OCH3 is 1. The Morgan fingerprint density at radius 1 is 1.08 bits per heavy atom. The van der Waals surface area contributed by atoms with Gasteiger partial charge in [-0.15, -0.1) is 0 Å². The van der Waals surface area contributed by atoms with E-state index in [4.69, 9.17) is 15.2 Å². The lowest BCUT2D eigenvalue weighted by atomic mass is 9.91. The fourth-order valence-corrected chi connectivity index (χ4v) is 2.72. The predicted octanol–water partition coefficient (Wildman–Crippen LogP) is 4.44. The van der Waals surface area contributed by atoms with Crippen molar-refractivity contribution in [1.29, 1.82) is 0 Å². The number of hydrogen-bond acceptors (Lipinski definition) is 3. The van der Waals surface area contributed by atoms with Crippen molar-refractivity contribution in [2.45, 2.75) is 32.1 Å². The van der Waals surface area contributed by atoms with Crippen LogP contribution in [0.3, 0.4) is 0 Å². The first-order valence-electron chi connectivity index (χ1n) is 8.53. The Hall–Kier alpha value is -2.14. The van der Waals surface area contributed by atoms with Crippen molar-refractivity contribution in [3.05, 3.63) is 59.2 Å². The summed E-state index contributed by atoms with van der Waals surface area (Å²) in [7, 11) is 1.59. The number of halogens is 2. The molecule has 3 nitrogen and oxygen atoms in total. The molecule has 0 aliphatic rings. The molecule has 25 heavy (non-hydrogen) atoms. The smallest absolute Gasteiger partial charge is 0.161 e. The van der Waals surface area contributed by atoms with Gasteiger partial charge in [0.1, 0.15) is 11.6 Å². The topological polar surface area (TPSA) is 44.5 Å². The normalized spacial score (nSPS) is 12.0. The highest BCUT2D eigenvalue weighted by atomic mass is 19.1. The van der Waals surface area contributed by atoms with Crippen LogP contribution < -0.4 is 15.2 Å². The van der Waals surface area contributed by atoms with Crippen LogP contribution in [0.4, 0.5) is 8.78 Å². The van der Waals surface area contributed by atoms with Gasteiger partial charge >= 0.3 is 0 Å². The summed E-state index contributed by atoms with van der Waals surface area (Å²) < 4.78 is 38.3. The highest BCUT2D eigenvalue weighted by Gasteiger charge is 2.17. The highest BCUT2D eigenvalue weighted by molar-refractivity contribution is 5.43. The van der Waals surface area contributed by atoms with Gasteiger partial charge in [0.15, 0.2) is 11.5 Å². The van der Waals surface area contributed by atoms with E-state index in [0.29, 0.717) is 30.1 Å². The van der Waals surface area contributed by atoms with Gasteiger partial charge in [-0.05, 0) is 48.7 Å². The Morgan fingerprint density at radius 2 is 1.88 bits per heavy atom. The molecule has 0 aromatic heterocycles. The molecule has 2 aromatic rings. The van der Waals surface area contributed by atoms with E-state index in [2.05, 4.69) is 6.92 Å². The number of ether oxygens (including phenoxy) is 2. The maximum atomic E-state index is 14.0. The monoisotopic (exact) mass is 349 g/mol. The van der Waals surface area contributed by atoms with E-state index in [1.54, 1.807) is 7.11 Å². The van der Waals surface area contributed by atoms with Gasteiger partial charge in [-0.25, -0.2) is 8.78 Å². The lowest BCUT2D eigenvalue weighted by Gasteiger charge is -2.18. The quantitative estimate of drug-likeness (QED) is 0.681. The van der Waals surface area contributed by atoms with Crippen LogP contribution in [-0.2, 0) is 6.42 Å². The molecule has 1 unspecified atom stereocenters. The molecule has 2 rings (SSSR count). The summed E-state index contributed by atoms with van der Waals surface area (Å²) in [5.74, 6) is -0.0627. The van der Waals surface area contributed by atoms with Crippen molar-refractivity contribution in [1.82, 2.24) is 0 Å². The molecule has 0 saturated heterocycles. The van der Waals surface area contributed by atoms with Crippen LogP contribution in [0.25, 0.3) is 0 Å². The molecule has 0 fully saturated rings. The summed E-state index contributed by atoms with van der Waals surface area (Å²) in [5.41, 5.74) is 7.20. The average Bonchev–Trinajstić information content (AvgIpc) is 2.61. The minimum absolute atomic E-state index is 0.239. The predicted molar refractivity (Wildman–Crippen MR) is 95.3 cm³/mol. The van der Waals surface area contributed by atoms with Crippen LogP contribution >= 0.6 is 0 Å². The molecule has 0 aliphatic heterocycles. The zero-order chi connectivity index (χ0) is 18.2. The second-order valence-corrected chi connectivity index (χ2v) is 5.99. The second-order valence-electron chi connectivity index (χ2n) is 5.99. The van der Waals surface area contributed by atoms with E-state index in [1.807, 2.05) is 18.2 Å². The molecule has 5 heteroatoms. The Labute approximate surface area is 147 Å². The maximum absolute atomic E-state index is 14.0. The van der Waals surface area contributed by atoms with Crippen LogP contribution in [0.1, 0.15) is 36.8 Å². The molecular weight excluding hydrogens is 324 g/mol. The number of rotatable bonds is 9. The largest absolute Gasteiger partial charge is 0.493 e. The average molecular weight is 349 g/mol. The van der Waals surface area contributed by atoms with Crippen LogP contribution in [0.2, 0.25) is 0 Å². The zero-order valence-corrected chi connectivity index (χ0v) is 14.7. The summed E-state index contributed by atoms with van der Waals surface area (Å²) in [6, 6.07) is 9.27. The van der Waals surface area contributed by atoms with Crippen LogP contribution in [0, 0.1) is 11.6 Å². The standard InChI is InChI=1S/C20H25F2NO2/c1-3-4-9-25-19-8-5-14(11-20(19)24-2)10-15(13-23)17-7-6-16(21)12-18(17)22/h5-8,11-12,15H,3-4,9-10,13,23H2,1-2H3. The minimum atomic E-state index is -0.590. The number of hydrogen-bond donors (Lipinski definition) is 1.